The highest BCUT2D eigenvalue weighted by molar-refractivity contribution is 5.29. The molecule has 0 aliphatic carbocycles. The van der Waals surface area contributed by atoms with E-state index in [-0.39, 0.29) is 24.2 Å². The predicted octanol–water partition coefficient (Wildman–Crippen LogP) is 1.48. The maximum absolute atomic E-state index is 13.3. The number of hydrogen-bond acceptors (Lipinski definition) is 3. The molecule has 0 heterocycles. The van der Waals surface area contributed by atoms with Crippen LogP contribution in [0.1, 0.15) is 12.0 Å². The van der Waals surface area contributed by atoms with Crippen molar-refractivity contribution in [3.05, 3.63) is 29.6 Å². The number of ether oxygens (including phenoxy) is 1. The molecule has 1 aromatic carbocycles. The first-order valence-electron chi connectivity index (χ1n) is 5.34. The summed E-state index contributed by atoms with van der Waals surface area (Å²) in [5, 5.41) is 11.8. The summed E-state index contributed by atoms with van der Waals surface area (Å²) in [4.78, 5) is 0. The van der Waals surface area contributed by atoms with Gasteiger partial charge >= 0.3 is 0 Å². The molecule has 0 bridgehead atoms. The van der Waals surface area contributed by atoms with Crippen LogP contribution in [0.3, 0.4) is 0 Å². The normalized spacial score (nSPS) is 12.5. The molecule has 0 amide bonds. The highest BCUT2D eigenvalue weighted by atomic mass is 19.1. The van der Waals surface area contributed by atoms with Crippen LogP contribution in [0.4, 0.5) is 4.39 Å². The number of benzene rings is 1. The number of aliphatic hydroxyl groups is 1. The lowest BCUT2D eigenvalue weighted by molar-refractivity contribution is 0.214. The van der Waals surface area contributed by atoms with Crippen molar-refractivity contribution in [1.82, 2.24) is 5.32 Å². The first kappa shape index (κ1) is 12.9. The van der Waals surface area contributed by atoms with E-state index >= 15 is 0 Å². The van der Waals surface area contributed by atoms with Crippen LogP contribution in [-0.4, -0.2) is 31.4 Å². The third kappa shape index (κ3) is 3.79. The number of likely N-dealkylation sites (N-methyl/N-ethyl adjacent to an activating group) is 1. The van der Waals surface area contributed by atoms with E-state index in [4.69, 9.17) is 9.84 Å². The quantitative estimate of drug-likeness (QED) is 0.773. The molecule has 0 fully saturated rings. The minimum absolute atomic E-state index is 0.0323. The molecule has 0 spiro atoms. The van der Waals surface area contributed by atoms with Crippen LogP contribution >= 0.6 is 0 Å². The van der Waals surface area contributed by atoms with Crippen LogP contribution < -0.4 is 10.1 Å². The standard InChI is InChI=1S/C12H18FNO2/c1-9-3-4-11(13)12(7-9)16-8-10(14-2)5-6-15/h3-4,7,10,14-15H,5-6,8H2,1-2H3. The lowest BCUT2D eigenvalue weighted by atomic mass is 10.2. The molecule has 0 radical (unpaired) electrons. The highest BCUT2D eigenvalue weighted by Gasteiger charge is 2.08. The van der Waals surface area contributed by atoms with Crippen molar-refractivity contribution in [2.45, 2.75) is 19.4 Å². The third-order valence-electron chi connectivity index (χ3n) is 2.41. The summed E-state index contributed by atoms with van der Waals surface area (Å²) in [5.41, 5.74) is 0.958. The van der Waals surface area contributed by atoms with Crippen molar-refractivity contribution in [3.8, 4) is 5.75 Å². The summed E-state index contributed by atoms with van der Waals surface area (Å²) >= 11 is 0. The number of aryl methyl sites for hydroxylation is 1. The van der Waals surface area contributed by atoms with Crippen molar-refractivity contribution in [3.63, 3.8) is 0 Å². The Morgan fingerprint density at radius 1 is 1.50 bits per heavy atom. The second kappa shape index (κ2) is 6.45. The molecule has 0 saturated heterocycles. The Hall–Kier alpha value is -1.13. The summed E-state index contributed by atoms with van der Waals surface area (Å²) in [7, 11) is 1.79. The minimum Gasteiger partial charge on any atom is -0.489 e. The van der Waals surface area contributed by atoms with E-state index in [0.29, 0.717) is 13.0 Å². The summed E-state index contributed by atoms with van der Waals surface area (Å²) in [5.74, 6) is -0.0948. The summed E-state index contributed by atoms with van der Waals surface area (Å²) < 4.78 is 18.7. The van der Waals surface area contributed by atoms with Crippen LogP contribution in [0.15, 0.2) is 18.2 Å². The molecular weight excluding hydrogens is 209 g/mol. The zero-order valence-corrected chi connectivity index (χ0v) is 9.66. The maximum Gasteiger partial charge on any atom is 0.165 e. The van der Waals surface area contributed by atoms with Crippen molar-refractivity contribution in [2.75, 3.05) is 20.3 Å². The molecule has 2 N–H and O–H groups in total. The molecule has 16 heavy (non-hydrogen) atoms. The lowest BCUT2D eigenvalue weighted by Crippen LogP contribution is -2.32. The van der Waals surface area contributed by atoms with Crippen molar-refractivity contribution >= 4 is 0 Å². The maximum atomic E-state index is 13.3. The van der Waals surface area contributed by atoms with Crippen molar-refractivity contribution in [2.24, 2.45) is 0 Å². The van der Waals surface area contributed by atoms with Gasteiger partial charge in [-0.2, -0.15) is 0 Å². The van der Waals surface area contributed by atoms with Gasteiger partial charge in [0, 0.05) is 12.6 Å². The van der Waals surface area contributed by atoms with Crippen LogP contribution in [0.2, 0.25) is 0 Å². The molecule has 4 heteroatoms. The monoisotopic (exact) mass is 227 g/mol. The zero-order chi connectivity index (χ0) is 12.0. The second-order valence-corrected chi connectivity index (χ2v) is 3.74. The molecule has 90 valence electrons. The van der Waals surface area contributed by atoms with E-state index < -0.39 is 0 Å². The van der Waals surface area contributed by atoms with Gasteiger partial charge in [0.1, 0.15) is 6.61 Å². The number of hydrogen-bond donors (Lipinski definition) is 2. The smallest absolute Gasteiger partial charge is 0.165 e. The van der Waals surface area contributed by atoms with E-state index in [1.807, 2.05) is 6.92 Å². The molecule has 1 unspecified atom stereocenters. The Morgan fingerprint density at radius 3 is 2.88 bits per heavy atom. The largest absolute Gasteiger partial charge is 0.489 e. The minimum atomic E-state index is -0.357. The van der Waals surface area contributed by atoms with Gasteiger partial charge in [0.05, 0.1) is 0 Å². The molecule has 0 aliphatic heterocycles. The number of aliphatic hydroxyl groups excluding tert-OH is 1. The van der Waals surface area contributed by atoms with Gasteiger partial charge in [0.25, 0.3) is 0 Å². The van der Waals surface area contributed by atoms with Gasteiger partial charge in [-0.1, -0.05) is 6.07 Å². The molecule has 0 aliphatic rings. The van der Waals surface area contributed by atoms with Gasteiger partial charge in [0.15, 0.2) is 11.6 Å². The van der Waals surface area contributed by atoms with Gasteiger partial charge in [0.2, 0.25) is 0 Å². The highest BCUT2D eigenvalue weighted by Crippen LogP contribution is 2.18. The fourth-order valence-corrected chi connectivity index (χ4v) is 1.38. The Labute approximate surface area is 95.2 Å². The molecular formula is C12H18FNO2. The fraction of sp³-hybridized carbons (Fsp3) is 0.500. The second-order valence-electron chi connectivity index (χ2n) is 3.74. The van der Waals surface area contributed by atoms with Crippen molar-refractivity contribution in [1.29, 1.82) is 0 Å². The number of rotatable bonds is 6. The first-order chi connectivity index (χ1) is 7.67. The molecule has 3 nitrogen and oxygen atoms in total. The lowest BCUT2D eigenvalue weighted by Gasteiger charge is -2.16. The Morgan fingerprint density at radius 2 is 2.25 bits per heavy atom. The van der Waals surface area contributed by atoms with Gasteiger partial charge in [-0.3, -0.25) is 0 Å². The number of nitrogens with one attached hydrogen (secondary N) is 1. The average molecular weight is 227 g/mol. The molecule has 0 saturated carbocycles. The van der Waals surface area contributed by atoms with E-state index in [0.717, 1.165) is 5.56 Å². The van der Waals surface area contributed by atoms with Crippen LogP contribution in [0, 0.1) is 12.7 Å². The summed E-state index contributed by atoms with van der Waals surface area (Å²) in [6, 6.07) is 4.79. The molecule has 0 aromatic heterocycles. The van der Waals surface area contributed by atoms with E-state index in [1.165, 1.54) is 6.07 Å². The Balaban J connectivity index is 2.55. The summed E-state index contributed by atoms with van der Waals surface area (Å²) in [6.45, 7) is 2.32. The van der Waals surface area contributed by atoms with Crippen molar-refractivity contribution < 1.29 is 14.2 Å². The van der Waals surface area contributed by atoms with E-state index in [1.54, 1.807) is 19.2 Å². The topological polar surface area (TPSA) is 41.5 Å². The molecule has 1 atom stereocenters. The Bertz CT molecular complexity index is 331. The van der Waals surface area contributed by atoms with Crippen LogP contribution in [0.5, 0.6) is 5.75 Å². The first-order valence-corrected chi connectivity index (χ1v) is 5.34. The Kier molecular flexibility index (Phi) is 5.22. The SMILES string of the molecule is CNC(CCO)COc1cc(C)ccc1F. The summed E-state index contributed by atoms with van der Waals surface area (Å²) in [6.07, 6.45) is 0.587. The predicted molar refractivity (Wildman–Crippen MR) is 61.2 cm³/mol. The van der Waals surface area contributed by atoms with Gasteiger partial charge in [-0.25, -0.2) is 4.39 Å². The van der Waals surface area contributed by atoms with Gasteiger partial charge < -0.3 is 15.2 Å². The van der Waals surface area contributed by atoms with Crippen LogP contribution in [-0.2, 0) is 0 Å². The van der Waals surface area contributed by atoms with E-state index in [2.05, 4.69) is 5.32 Å². The molecule has 1 aromatic rings. The van der Waals surface area contributed by atoms with Gasteiger partial charge in [-0.05, 0) is 38.1 Å². The van der Waals surface area contributed by atoms with Crippen LogP contribution in [0.25, 0.3) is 0 Å². The molecule has 1 rings (SSSR count). The van der Waals surface area contributed by atoms with E-state index in [9.17, 15) is 4.39 Å². The number of halogens is 1. The van der Waals surface area contributed by atoms with Gasteiger partial charge in [-0.15, -0.1) is 0 Å². The third-order valence-corrected chi connectivity index (χ3v) is 2.41. The average Bonchev–Trinajstić information content (AvgIpc) is 2.28. The zero-order valence-electron chi connectivity index (χ0n) is 9.66. The fourth-order valence-electron chi connectivity index (χ4n) is 1.38.